The second kappa shape index (κ2) is 8.83. The summed E-state index contributed by atoms with van der Waals surface area (Å²) in [6, 6.07) is 15.9. The Labute approximate surface area is 181 Å². The Hall–Kier alpha value is -2.93. The summed E-state index contributed by atoms with van der Waals surface area (Å²) in [5, 5.41) is 0.919. The molecule has 1 atom stereocenters. The molecule has 2 aromatic carbocycles. The van der Waals surface area contributed by atoms with Gasteiger partial charge in [-0.15, -0.1) is 0 Å². The maximum atomic E-state index is 13.0. The van der Waals surface area contributed by atoms with Crippen LogP contribution in [0.2, 0.25) is 0 Å². The molecule has 1 aliphatic heterocycles. The third-order valence-corrected chi connectivity index (χ3v) is 6.30. The van der Waals surface area contributed by atoms with Crippen LogP contribution in [0, 0.1) is 6.92 Å². The summed E-state index contributed by atoms with van der Waals surface area (Å²) in [6.07, 6.45) is 0.676. The van der Waals surface area contributed by atoms with Gasteiger partial charge in [0.15, 0.2) is 0 Å². The first-order valence-electron chi connectivity index (χ1n) is 10.1. The maximum absolute atomic E-state index is 13.0. The van der Waals surface area contributed by atoms with E-state index in [4.69, 9.17) is 9.72 Å². The normalized spacial score (nSPS) is 16.6. The largest absolute Gasteiger partial charge is 0.497 e. The third-order valence-electron chi connectivity index (χ3n) is 5.49. The van der Waals surface area contributed by atoms with Gasteiger partial charge < -0.3 is 14.5 Å². The predicted octanol–water partition coefficient (Wildman–Crippen LogP) is 3.80. The van der Waals surface area contributed by atoms with E-state index in [9.17, 15) is 4.79 Å². The van der Waals surface area contributed by atoms with Gasteiger partial charge in [0.25, 0.3) is 5.91 Å². The summed E-state index contributed by atoms with van der Waals surface area (Å²) in [7, 11) is 1.67. The molecule has 30 heavy (non-hydrogen) atoms. The van der Waals surface area contributed by atoms with Crippen LogP contribution in [0.3, 0.4) is 0 Å². The number of hydrogen-bond donors (Lipinski definition) is 0. The van der Waals surface area contributed by atoms with Crippen molar-refractivity contribution in [3.05, 3.63) is 71.0 Å². The van der Waals surface area contributed by atoms with Crippen molar-refractivity contribution in [1.29, 1.82) is 0 Å². The smallest absolute Gasteiger partial charge is 0.254 e. The summed E-state index contributed by atoms with van der Waals surface area (Å²) >= 11 is 1.43. The fourth-order valence-corrected chi connectivity index (χ4v) is 4.53. The number of aromatic nitrogens is 2. The van der Waals surface area contributed by atoms with E-state index >= 15 is 0 Å². The van der Waals surface area contributed by atoms with Gasteiger partial charge >= 0.3 is 0 Å². The number of ether oxygens (including phenoxy) is 1. The Morgan fingerprint density at radius 2 is 2.03 bits per heavy atom. The van der Waals surface area contributed by atoms with Gasteiger partial charge in [0, 0.05) is 49.2 Å². The van der Waals surface area contributed by atoms with Crippen LogP contribution in [0.5, 0.6) is 5.75 Å². The van der Waals surface area contributed by atoms with Crippen LogP contribution >= 0.6 is 11.5 Å². The molecule has 7 heteroatoms. The van der Waals surface area contributed by atoms with Crippen molar-refractivity contribution in [3.8, 4) is 5.75 Å². The van der Waals surface area contributed by atoms with Gasteiger partial charge in [-0.05, 0) is 43.2 Å². The summed E-state index contributed by atoms with van der Waals surface area (Å²) in [5.41, 5.74) is 2.93. The second-order valence-electron chi connectivity index (χ2n) is 7.63. The van der Waals surface area contributed by atoms with Gasteiger partial charge in [-0.2, -0.15) is 4.37 Å². The molecule has 0 N–H and O–H groups in total. The maximum Gasteiger partial charge on any atom is 0.254 e. The van der Waals surface area contributed by atoms with E-state index in [0.29, 0.717) is 13.0 Å². The molecule has 3 aromatic rings. The van der Waals surface area contributed by atoms with Crippen LogP contribution in [-0.4, -0.2) is 53.0 Å². The molecule has 2 heterocycles. The number of carbonyl (C=O) groups excluding carboxylic acids is 1. The van der Waals surface area contributed by atoms with E-state index in [2.05, 4.69) is 22.3 Å². The van der Waals surface area contributed by atoms with Crippen molar-refractivity contribution in [1.82, 2.24) is 14.3 Å². The average Bonchev–Trinajstić information content (AvgIpc) is 3.22. The van der Waals surface area contributed by atoms with Crippen LogP contribution in [0.25, 0.3) is 0 Å². The average molecular weight is 423 g/mol. The molecule has 0 radical (unpaired) electrons. The lowest BCUT2D eigenvalue weighted by molar-refractivity contribution is 0.0673. The predicted molar refractivity (Wildman–Crippen MR) is 120 cm³/mol. The monoisotopic (exact) mass is 422 g/mol. The number of benzene rings is 2. The highest BCUT2D eigenvalue weighted by Gasteiger charge is 2.30. The van der Waals surface area contributed by atoms with Gasteiger partial charge in [0.05, 0.1) is 7.11 Å². The molecule has 0 bridgehead atoms. The lowest BCUT2D eigenvalue weighted by Crippen LogP contribution is -2.54. The summed E-state index contributed by atoms with van der Waals surface area (Å²) in [4.78, 5) is 22.0. The molecule has 0 spiro atoms. The van der Waals surface area contributed by atoms with Crippen LogP contribution in [0.1, 0.15) is 34.2 Å². The number of carbonyl (C=O) groups is 1. The number of amides is 1. The molecular formula is C23H26N4O2S. The molecular weight excluding hydrogens is 396 g/mol. The van der Waals surface area contributed by atoms with Gasteiger partial charge in [-0.1, -0.05) is 30.3 Å². The van der Waals surface area contributed by atoms with E-state index in [0.717, 1.165) is 46.5 Å². The van der Waals surface area contributed by atoms with Gasteiger partial charge in [0.1, 0.15) is 11.6 Å². The highest BCUT2D eigenvalue weighted by molar-refractivity contribution is 7.09. The fraction of sp³-hybridized carbons (Fsp3) is 0.348. The lowest BCUT2D eigenvalue weighted by atomic mass is 10.1. The molecule has 0 aliphatic carbocycles. The fourth-order valence-electron chi connectivity index (χ4n) is 3.81. The third kappa shape index (κ3) is 4.31. The van der Waals surface area contributed by atoms with E-state index in [1.165, 1.54) is 11.5 Å². The Morgan fingerprint density at radius 3 is 2.80 bits per heavy atom. The molecule has 0 saturated carbocycles. The zero-order chi connectivity index (χ0) is 21.1. The molecule has 1 saturated heterocycles. The van der Waals surface area contributed by atoms with Crippen LogP contribution in [0.4, 0.5) is 5.13 Å². The summed E-state index contributed by atoms with van der Waals surface area (Å²) < 4.78 is 9.84. The first kappa shape index (κ1) is 20.3. The van der Waals surface area contributed by atoms with Crippen molar-refractivity contribution in [2.24, 2.45) is 0 Å². The quantitative estimate of drug-likeness (QED) is 0.626. The van der Waals surface area contributed by atoms with Crippen LogP contribution in [-0.2, 0) is 6.42 Å². The van der Waals surface area contributed by atoms with Gasteiger partial charge in [-0.3, -0.25) is 4.79 Å². The Bertz CT molecular complexity index is 1040. The van der Waals surface area contributed by atoms with Crippen molar-refractivity contribution >= 4 is 22.6 Å². The zero-order valence-electron chi connectivity index (χ0n) is 17.5. The standard InChI is InChI=1S/C23H26N4O2S/c1-16-7-4-5-10-20(16)22(28)27-12-11-26(15-17(27)2)23-24-21(25-30-23)14-18-8-6-9-19(13-18)29-3/h4-10,13,17H,11-12,14-15H2,1-3H3/t17-/m0/s1. The van der Waals surface area contributed by atoms with E-state index in [1.54, 1.807) is 7.11 Å². The number of anilines is 1. The number of methoxy groups -OCH3 is 1. The summed E-state index contributed by atoms with van der Waals surface area (Å²) in [6.45, 7) is 6.28. The van der Waals surface area contributed by atoms with Crippen molar-refractivity contribution in [2.45, 2.75) is 26.3 Å². The molecule has 1 fully saturated rings. The minimum absolute atomic E-state index is 0.108. The molecule has 1 aromatic heterocycles. The number of aryl methyl sites for hydroxylation is 1. The molecule has 0 unspecified atom stereocenters. The highest BCUT2D eigenvalue weighted by atomic mass is 32.1. The van der Waals surface area contributed by atoms with E-state index in [-0.39, 0.29) is 11.9 Å². The van der Waals surface area contributed by atoms with Crippen molar-refractivity contribution in [2.75, 3.05) is 31.6 Å². The number of nitrogens with zero attached hydrogens (tertiary/aromatic N) is 4. The lowest BCUT2D eigenvalue weighted by Gasteiger charge is -2.39. The summed E-state index contributed by atoms with van der Waals surface area (Å²) in [5.74, 6) is 1.76. The highest BCUT2D eigenvalue weighted by Crippen LogP contribution is 2.24. The minimum Gasteiger partial charge on any atom is -0.497 e. The molecule has 156 valence electrons. The molecule has 6 nitrogen and oxygen atoms in total. The topological polar surface area (TPSA) is 58.6 Å². The molecule has 1 aliphatic rings. The van der Waals surface area contributed by atoms with Crippen LogP contribution in [0.15, 0.2) is 48.5 Å². The molecule has 4 rings (SSSR count). The van der Waals surface area contributed by atoms with E-state index in [1.807, 2.05) is 54.3 Å². The number of piperazine rings is 1. The van der Waals surface area contributed by atoms with Crippen molar-refractivity contribution < 1.29 is 9.53 Å². The first-order valence-corrected chi connectivity index (χ1v) is 10.9. The Morgan fingerprint density at radius 1 is 1.20 bits per heavy atom. The van der Waals surface area contributed by atoms with E-state index < -0.39 is 0 Å². The Kier molecular flexibility index (Phi) is 5.99. The zero-order valence-corrected chi connectivity index (χ0v) is 18.4. The van der Waals surface area contributed by atoms with Crippen LogP contribution < -0.4 is 9.64 Å². The van der Waals surface area contributed by atoms with Gasteiger partial charge in [-0.25, -0.2) is 4.98 Å². The van der Waals surface area contributed by atoms with Gasteiger partial charge in [0.2, 0.25) is 5.13 Å². The number of hydrogen-bond acceptors (Lipinski definition) is 6. The Balaban J connectivity index is 1.41. The van der Waals surface area contributed by atoms with Crippen molar-refractivity contribution in [3.63, 3.8) is 0 Å². The second-order valence-corrected chi connectivity index (χ2v) is 8.36. The first-order chi connectivity index (χ1) is 14.5. The molecule has 1 amide bonds. The SMILES string of the molecule is COc1cccc(Cc2nsc(N3CCN(C(=O)c4ccccc4C)[C@@H](C)C3)n2)c1. The number of rotatable bonds is 5. The minimum atomic E-state index is 0.108.